The van der Waals surface area contributed by atoms with Crippen LogP contribution in [-0.4, -0.2) is 37.9 Å². The molecule has 0 aromatic heterocycles. The van der Waals surface area contributed by atoms with Crippen molar-refractivity contribution in [1.82, 2.24) is 0 Å². The molecule has 1 fully saturated rings. The number of hydrogen-bond donors (Lipinski definition) is 0. The summed E-state index contributed by atoms with van der Waals surface area (Å²) in [6.07, 6.45) is 7.97. The monoisotopic (exact) mass is 312 g/mol. The highest BCUT2D eigenvalue weighted by atomic mass is 16.6. The molecule has 1 aliphatic rings. The number of unbranched alkanes of at least 4 members (excludes halogenated alkanes) is 6. The van der Waals surface area contributed by atoms with Crippen molar-refractivity contribution in [2.24, 2.45) is 0 Å². The van der Waals surface area contributed by atoms with Crippen LogP contribution in [0.2, 0.25) is 0 Å². The minimum absolute atomic E-state index is 0.116. The maximum atomic E-state index is 11.4. The van der Waals surface area contributed by atoms with Crippen molar-refractivity contribution >= 4 is 11.9 Å². The smallest absolute Gasteiger partial charge is 0.333 e. The molecule has 5 heteroatoms. The number of carbonyl (C=O) groups is 2. The van der Waals surface area contributed by atoms with Crippen LogP contribution in [0.15, 0.2) is 12.2 Å². The van der Waals surface area contributed by atoms with Gasteiger partial charge in [-0.05, 0) is 19.8 Å². The summed E-state index contributed by atoms with van der Waals surface area (Å²) in [6.45, 7) is 6.79. The van der Waals surface area contributed by atoms with E-state index in [1.807, 2.05) is 0 Å². The highest BCUT2D eigenvalue weighted by Gasteiger charge is 2.23. The third-order valence-corrected chi connectivity index (χ3v) is 3.44. The number of rotatable bonds is 13. The minimum Gasteiger partial charge on any atom is -0.463 e. The largest absolute Gasteiger partial charge is 0.463 e. The van der Waals surface area contributed by atoms with Gasteiger partial charge in [0.2, 0.25) is 0 Å². The first kappa shape index (κ1) is 18.7. The molecule has 0 bridgehead atoms. The molecule has 126 valence electrons. The van der Waals surface area contributed by atoms with E-state index in [4.69, 9.17) is 14.2 Å². The molecule has 0 N–H and O–H groups in total. The van der Waals surface area contributed by atoms with Crippen molar-refractivity contribution in [3.05, 3.63) is 12.2 Å². The highest BCUT2D eigenvalue weighted by molar-refractivity contribution is 5.86. The van der Waals surface area contributed by atoms with Gasteiger partial charge in [-0.25, -0.2) is 4.79 Å². The molecule has 1 atom stereocenters. The van der Waals surface area contributed by atoms with Gasteiger partial charge in [-0.3, -0.25) is 4.79 Å². The lowest BCUT2D eigenvalue weighted by Crippen LogP contribution is -2.09. The summed E-state index contributed by atoms with van der Waals surface area (Å²) < 4.78 is 15.1. The molecule has 1 unspecified atom stereocenters. The molecule has 1 aliphatic heterocycles. The van der Waals surface area contributed by atoms with E-state index in [2.05, 4.69) is 6.58 Å². The van der Waals surface area contributed by atoms with E-state index in [0.717, 1.165) is 51.6 Å². The number of carbonyl (C=O) groups excluding carboxylic acids is 2. The SMILES string of the molecule is C=C(C)C(=O)OCCCCCCCCCC(=O)OCC1CO1. The maximum absolute atomic E-state index is 11.4. The van der Waals surface area contributed by atoms with Gasteiger partial charge in [0.1, 0.15) is 12.7 Å². The molecule has 0 spiro atoms. The molecular weight excluding hydrogens is 284 g/mol. The van der Waals surface area contributed by atoms with Crippen LogP contribution < -0.4 is 0 Å². The minimum atomic E-state index is -0.305. The Morgan fingerprint density at radius 2 is 1.64 bits per heavy atom. The van der Waals surface area contributed by atoms with Crippen molar-refractivity contribution in [3.8, 4) is 0 Å². The Morgan fingerprint density at radius 1 is 1.05 bits per heavy atom. The highest BCUT2D eigenvalue weighted by Crippen LogP contribution is 2.11. The van der Waals surface area contributed by atoms with Gasteiger partial charge in [0.05, 0.1) is 13.2 Å². The first-order valence-electron chi connectivity index (χ1n) is 8.19. The second-order valence-electron chi connectivity index (χ2n) is 5.78. The summed E-state index contributed by atoms with van der Waals surface area (Å²) in [7, 11) is 0. The lowest BCUT2D eigenvalue weighted by Gasteiger charge is -2.05. The first-order valence-corrected chi connectivity index (χ1v) is 8.19. The number of esters is 2. The normalized spacial score (nSPS) is 16.1. The Hall–Kier alpha value is -1.36. The molecule has 0 aliphatic carbocycles. The van der Waals surface area contributed by atoms with E-state index in [1.165, 1.54) is 0 Å². The Labute approximate surface area is 133 Å². The van der Waals surface area contributed by atoms with Crippen LogP contribution in [0.4, 0.5) is 0 Å². The van der Waals surface area contributed by atoms with Gasteiger partial charge >= 0.3 is 11.9 Å². The molecule has 1 saturated heterocycles. The first-order chi connectivity index (χ1) is 10.6. The zero-order chi connectivity index (χ0) is 16.2. The Balaban J connectivity index is 1.76. The van der Waals surface area contributed by atoms with Crippen molar-refractivity contribution in [3.63, 3.8) is 0 Å². The summed E-state index contributed by atoms with van der Waals surface area (Å²) in [5, 5.41) is 0. The molecule has 1 rings (SSSR count). The second-order valence-corrected chi connectivity index (χ2v) is 5.78. The van der Waals surface area contributed by atoms with Gasteiger partial charge in [0.25, 0.3) is 0 Å². The van der Waals surface area contributed by atoms with E-state index in [-0.39, 0.29) is 18.0 Å². The van der Waals surface area contributed by atoms with Crippen molar-refractivity contribution in [2.45, 2.75) is 64.4 Å². The van der Waals surface area contributed by atoms with Crippen LogP contribution >= 0.6 is 0 Å². The van der Waals surface area contributed by atoms with Crippen molar-refractivity contribution < 1.29 is 23.8 Å². The zero-order valence-corrected chi connectivity index (χ0v) is 13.6. The lowest BCUT2D eigenvalue weighted by molar-refractivity contribution is -0.144. The second kappa shape index (κ2) is 11.2. The summed E-state index contributed by atoms with van der Waals surface area (Å²) in [4.78, 5) is 22.5. The fourth-order valence-corrected chi connectivity index (χ4v) is 1.97. The third-order valence-electron chi connectivity index (χ3n) is 3.44. The van der Waals surface area contributed by atoms with Gasteiger partial charge in [0.15, 0.2) is 0 Å². The summed E-state index contributed by atoms with van der Waals surface area (Å²) in [5.41, 5.74) is 0.447. The summed E-state index contributed by atoms with van der Waals surface area (Å²) in [6, 6.07) is 0. The van der Waals surface area contributed by atoms with Crippen LogP contribution in [-0.2, 0) is 23.8 Å². The Morgan fingerprint density at radius 3 is 2.23 bits per heavy atom. The molecule has 0 amide bonds. The van der Waals surface area contributed by atoms with Gasteiger partial charge in [-0.1, -0.05) is 38.7 Å². The van der Waals surface area contributed by atoms with E-state index in [0.29, 0.717) is 25.2 Å². The van der Waals surface area contributed by atoms with E-state index in [1.54, 1.807) is 6.92 Å². The van der Waals surface area contributed by atoms with E-state index < -0.39 is 0 Å². The molecule has 0 aromatic carbocycles. The fourth-order valence-electron chi connectivity index (χ4n) is 1.97. The number of ether oxygens (including phenoxy) is 3. The van der Waals surface area contributed by atoms with Crippen LogP contribution in [0.3, 0.4) is 0 Å². The maximum Gasteiger partial charge on any atom is 0.333 e. The van der Waals surface area contributed by atoms with E-state index >= 15 is 0 Å². The van der Waals surface area contributed by atoms with Crippen LogP contribution in [0, 0.1) is 0 Å². The molecule has 0 radical (unpaired) electrons. The standard InChI is InChI=1S/C17H28O5/c1-14(2)17(19)20-11-9-7-5-3-4-6-8-10-16(18)22-13-15-12-21-15/h15H,1,3-13H2,2H3. The number of epoxide rings is 1. The number of hydrogen-bond acceptors (Lipinski definition) is 5. The van der Waals surface area contributed by atoms with Crippen molar-refractivity contribution in [1.29, 1.82) is 0 Å². The molecule has 0 saturated carbocycles. The average molecular weight is 312 g/mol. The average Bonchev–Trinajstić information content (AvgIpc) is 3.30. The molecule has 22 heavy (non-hydrogen) atoms. The molecule has 0 aromatic rings. The topological polar surface area (TPSA) is 65.1 Å². The molecule has 5 nitrogen and oxygen atoms in total. The Kier molecular flexibility index (Phi) is 9.55. The van der Waals surface area contributed by atoms with Crippen LogP contribution in [0.1, 0.15) is 58.3 Å². The Bertz CT molecular complexity index is 360. The van der Waals surface area contributed by atoms with Gasteiger partial charge in [0, 0.05) is 12.0 Å². The summed E-state index contributed by atoms with van der Waals surface area (Å²) >= 11 is 0. The molecular formula is C17H28O5. The van der Waals surface area contributed by atoms with Crippen LogP contribution in [0.25, 0.3) is 0 Å². The quantitative estimate of drug-likeness (QED) is 0.226. The third kappa shape index (κ3) is 10.4. The molecule has 1 heterocycles. The predicted molar refractivity (Wildman–Crippen MR) is 83.4 cm³/mol. The zero-order valence-electron chi connectivity index (χ0n) is 13.6. The van der Waals surface area contributed by atoms with Gasteiger partial charge < -0.3 is 14.2 Å². The fraction of sp³-hybridized carbons (Fsp3) is 0.765. The summed E-state index contributed by atoms with van der Waals surface area (Å²) in [5.74, 6) is -0.421. The van der Waals surface area contributed by atoms with Gasteiger partial charge in [-0.2, -0.15) is 0 Å². The van der Waals surface area contributed by atoms with Crippen molar-refractivity contribution in [2.75, 3.05) is 19.8 Å². The van der Waals surface area contributed by atoms with Gasteiger partial charge in [-0.15, -0.1) is 0 Å². The predicted octanol–water partition coefficient (Wildman–Crippen LogP) is 3.17. The van der Waals surface area contributed by atoms with Crippen LogP contribution in [0.5, 0.6) is 0 Å². The lowest BCUT2D eigenvalue weighted by atomic mass is 10.1. The van der Waals surface area contributed by atoms with E-state index in [9.17, 15) is 9.59 Å².